The van der Waals surface area contributed by atoms with Gasteiger partial charge in [0.25, 0.3) is 0 Å². The van der Waals surface area contributed by atoms with Gasteiger partial charge in [-0.15, -0.1) is 0 Å². The van der Waals surface area contributed by atoms with E-state index in [1.54, 1.807) is 6.07 Å². The molecule has 0 spiro atoms. The van der Waals surface area contributed by atoms with E-state index in [-0.39, 0.29) is 23.2 Å². The number of ether oxygens (including phenoxy) is 1. The van der Waals surface area contributed by atoms with Crippen LogP contribution in [0.4, 0.5) is 5.69 Å². The molecule has 2 aromatic rings. The van der Waals surface area contributed by atoms with Gasteiger partial charge in [0.05, 0.1) is 5.69 Å². The summed E-state index contributed by atoms with van der Waals surface area (Å²) in [6, 6.07) is 8.42. The third kappa shape index (κ3) is 3.52. The minimum absolute atomic E-state index is 0.0964. The van der Waals surface area contributed by atoms with E-state index in [0.717, 1.165) is 10.0 Å². The van der Waals surface area contributed by atoms with Crippen LogP contribution >= 0.6 is 15.9 Å². The fraction of sp³-hybridized carbons (Fsp3) is 0.200. The quantitative estimate of drug-likeness (QED) is 0.868. The minimum atomic E-state index is -1.13. The lowest BCUT2D eigenvalue weighted by molar-refractivity contribution is 0.0689. The van der Waals surface area contributed by atoms with Crippen molar-refractivity contribution in [3.8, 4) is 11.6 Å². The number of carboxylic acid groups (broad SMARTS) is 1. The molecule has 1 aromatic carbocycles. The van der Waals surface area contributed by atoms with Crippen molar-refractivity contribution in [3.63, 3.8) is 0 Å². The molecule has 0 amide bonds. The van der Waals surface area contributed by atoms with Crippen LogP contribution in [-0.2, 0) is 0 Å². The Morgan fingerprint density at radius 1 is 1.33 bits per heavy atom. The van der Waals surface area contributed by atoms with E-state index in [2.05, 4.69) is 20.9 Å². The number of carbonyl (C=O) groups is 1. The van der Waals surface area contributed by atoms with Crippen molar-refractivity contribution in [1.29, 1.82) is 0 Å². The number of nitrogens with zero attached hydrogens (tertiary/aromatic N) is 1. The number of hydrogen-bond acceptors (Lipinski definition) is 4. The number of pyridine rings is 1. The average Bonchev–Trinajstić information content (AvgIpc) is 2.42. The standard InChI is InChI=1S/C15H15BrN2O3/c1-8(2)10-7-9(16)3-6-13(10)21-14-11(17)4-5-12(18-14)15(19)20/h3-8H,17H2,1-2H3,(H,19,20). The van der Waals surface area contributed by atoms with Crippen LogP contribution < -0.4 is 10.5 Å². The lowest BCUT2D eigenvalue weighted by atomic mass is 10.0. The number of carboxylic acids is 1. The van der Waals surface area contributed by atoms with E-state index >= 15 is 0 Å². The Morgan fingerprint density at radius 2 is 2.05 bits per heavy atom. The number of hydrogen-bond donors (Lipinski definition) is 2. The maximum Gasteiger partial charge on any atom is 0.354 e. The highest BCUT2D eigenvalue weighted by Gasteiger charge is 2.14. The zero-order chi connectivity index (χ0) is 15.6. The van der Waals surface area contributed by atoms with Gasteiger partial charge in [-0.2, -0.15) is 0 Å². The molecule has 0 bridgehead atoms. The Labute approximate surface area is 130 Å². The summed E-state index contributed by atoms with van der Waals surface area (Å²) in [5, 5.41) is 8.98. The molecule has 5 nitrogen and oxygen atoms in total. The molecule has 0 radical (unpaired) electrons. The van der Waals surface area contributed by atoms with Gasteiger partial charge in [0.1, 0.15) is 5.75 Å². The molecule has 21 heavy (non-hydrogen) atoms. The number of rotatable bonds is 4. The fourth-order valence-electron chi connectivity index (χ4n) is 1.82. The van der Waals surface area contributed by atoms with Crippen LogP contribution in [0.5, 0.6) is 11.6 Å². The first-order valence-electron chi connectivity index (χ1n) is 6.35. The zero-order valence-electron chi connectivity index (χ0n) is 11.6. The highest BCUT2D eigenvalue weighted by Crippen LogP contribution is 2.34. The molecule has 2 rings (SSSR count). The molecule has 1 heterocycles. The van der Waals surface area contributed by atoms with E-state index in [9.17, 15) is 4.79 Å². The van der Waals surface area contributed by atoms with Crippen LogP contribution in [0.25, 0.3) is 0 Å². The molecule has 0 atom stereocenters. The minimum Gasteiger partial charge on any atom is -0.477 e. The van der Waals surface area contributed by atoms with Gasteiger partial charge in [0.2, 0.25) is 5.88 Å². The summed E-state index contributed by atoms with van der Waals surface area (Å²) >= 11 is 3.42. The molecule has 0 aliphatic carbocycles. The summed E-state index contributed by atoms with van der Waals surface area (Å²) in [7, 11) is 0. The number of nitrogens with two attached hydrogens (primary N) is 1. The Bertz CT molecular complexity index is 687. The molecule has 0 aliphatic rings. The van der Waals surface area contributed by atoms with Gasteiger partial charge in [0.15, 0.2) is 5.69 Å². The molecule has 6 heteroatoms. The van der Waals surface area contributed by atoms with Crippen molar-refractivity contribution in [2.24, 2.45) is 0 Å². The number of aromatic nitrogens is 1. The summed E-state index contributed by atoms with van der Waals surface area (Å²) in [4.78, 5) is 14.9. The van der Waals surface area contributed by atoms with Crippen molar-refractivity contribution in [3.05, 3.63) is 46.1 Å². The van der Waals surface area contributed by atoms with E-state index in [1.165, 1.54) is 12.1 Å². The molecule has 0 fully saturated rings. The van der Waals surface area contributed by atoms with E-state index in [4.69, 9.17) is 15.6 Å². The molecule has 3 N–H and O–H groups in total. The van der Waals surface area contributed by atoms with E-state index in [0.29, 0.717) is 5.75 Å². The SMILES string of the molecule is CC(C)c1cc(Br)ccc1Oc1nc(C(=O)O)ccc1N. The third-order valence-corrected chi connectivity index (χ3v) is 3.40. The number of nitrogen functional groups attached to an aromatic ring is 1. The van der Waals surface area contributed by atoms with E-state index < -0.39 is 5.97 Å². The summed E-state index contributed by atoms with van der Waals surface area (Å²) in [6.45, 7) is 4.08. The predicted molar refractivity (Wildman–Crippen MR) is 83.9 cm³/mol. The van der Waals surface area contributed by atoms with Gasteiger partial charge < -0.3 is 15.6 Å². The lowest BCUT2D eigenvalue weighted by Gasteiger charge is -2.14. The van der Waals surface area contributed by atoms with Gasteiger partial charge in [-0.1, -0.05) is 29.8 Å². The van der Waals surface area contributed by atoms with Crippen LogP contribution in [0.1, 0.15) is 35.8 Å². The second kappa shape index (κ2) is 6.13. The molecular weight excluding hydrogens is 336 g/mol. The summed E-state index contributed by atoms with van der Waals surface area (Å²) < 4.78 is 6.67. The molecule has 1 aromatic heterocycles. The van der Waals surface area contributed by atoms with Gasteiger partial charge in [-0.05, 0) is 41.8 Å². The second-order valence-corrected chi connectivity index (χ2v) is 5.75. The number of aromatic carboxylic acids is 1. The smallest absolute Gasteiger partial charge is 0.354 e. The monoisotopic (exact) mass is 350 g/mol. The highest BCUT2D eigenvalue weighted by molar-refractivity contribution is 9.10. The van der Waals surface area contributed by atoms with Crippen molar-refractivity contribution < 1.29 is 14.6 Å². The molecule has 110 valence electrons. The highest BCUT2D eigenvalue weighted by atomic mass is 79.9. The van der Waals surface area contributed by atoms with Gasteiger partial charge in [-0.3, -0.25) is 0 Å². The number of halogens is 1. The molecule has 0 saturated carbocycles. The second-order valence-electron chi connectivity index (χ2n) is 4.83. The summed E-state index contributed by atoms with van der Waals surface area (Å²) in [6.07, 6.45) is 0. The molecule has 0 aliphatic heterocycles. The zero-order valence-corrected chi connectivity index (χ0v) is 13.2. The van der Waals surface area contributed by atoms with Crippen molar-refractivity contribution in [2.75, 3.05) is 5.73 Å². The van der Waals surface area contributed by atoms with Crippen molar-refractivity contribution in [2.45, 2.75) is 19.8 Å². The van der Waals surface area contributed by atoms with Crippen LogP contribution in [0.3, 0.4) is 0 Å². The van der Waals surface area contributed by atoms with Crippen molar-refractivity contribution >= 4 is 27.6 Å². The summed E-state index contributed by atoms with van der Waals surface area (Å²) in [5.74, 6) is -0.185. The fourth-order valence-corrected chi connectivity index (χ4v) is 2.20. The lowest BCUT2D eigenvalue weighted by Crippen LogP contribution is -2.04. The van der Waals surface area contributed by atoms with Crippen molar-refractivity contribution in [1.82, 2.24) is 4.98 Å². The maximum atomic E-state index is 11.0. The van der Waals surface area contributed by atoms with Gasteiger partial charge in [0, 0.05) is 4.47 Å². The Morgan fingerprint density at radius 3 is 2.67 bits per heavy atom. The average molecular weight is 351 g/mol. The van der Waals surface area contributed by atoms with Crippen LogP contribution in [0, 0.1) is 0 Å². The van der Waals surface area contributed by atoms with Crippen LogP contribution in [0.2, 0.25) is 0 Å². The largest absolute Gasteiger partial charge is 0.477 e. The predicted octanol–water partition coefficient (Wildman–Crippen LogP) is 4.04. The van der Waals surface area contributed by atoms with Gasteiger partial charge in [-0.25, -0.2) is 9.78 Å². The Balaban J connectivity index is 2.43. The summed E-state index contributed by atoms with van der Waals surface area (Å²) in [5.41, 5.74) is 6.96. The molecule has 0 unspecified atom stereocenters. The third-order valence-electron chi connectivity index (χ3n) is 2.91. The molecular formula is C15H15BrN2O3. The topological polar surface area (TPSA) is 85.4 Å². The Hall–Kier alpha value is -2.08. The maximum absolute atomic E-state index is 11.0. The van der Waals surface area contributed by atoms with Crippen LogP contribution in [-0.4, -0.2) is 16.1 Å². The van der Waals surface area contributed by atoms with Crippen LogP contribution in [0.15, 0.2) is 34.8 Å². The number of anilines is 1. The first-order chi connectivity index (χ1) is 9.88. The first kappa shape index (κ1) is 15.3. The number of benzene rings is 1. The van der Waals surface area contributed by atoms with E-state index in [1.807, 2.05) is 26.0 Å². The first-order valence-corrected chi connectivity index (χ1v) is 7.15. The normalized spacial score (nSPS) is 10.7. The molecule has 0 saturated heterocycles. The van der Waals surface area contributed by atoms with Gasteiger partial charge >= 0.3 is 5.97 Å². The Kier molecular flexibility index (Phi) is 4.47.